The van der Waals surface area contributed by atoms with Crippen LogP contribution in [0.3, 0.4) is 0 Å². The standard InChI is InChI=1S/C30H30ClN5O5S/c1-4-40-29(39)21-8-12-23(13-9-21)33-28(38)18-42-30-35-34-26(36(30)25-7-5-6-19(2)20(25)3)16-32-27(37)17-41-24-14-10-22(31)11-15-24/h5-15H,4,16-18H2,1-3H3,(H,32,37)(H,33,38). The third kappa shape index (κ3) is 8.11. The Hall–Kier alpha value is -4.35. The molecule has 0 unspecified atom stereocenters. The number of ether oxygens (including phenoxy) is 2. The molecule has 0 fully saturated rings. The summed E-state index contributed by atoms with van der Waals surface area (Å²) in [5.41, 5.74) is 3.89. The second-order valence-electron chi connectivity index (χ2n) is 9.11. The molecule has 12 heteroatoms. The second kappa shape index (κ2) is 14.5. The van der Waals surface area contributed by atoms with Crippen molar-refractivity contribution in [3.8, 4) is 11.4 Å². The molecule has 0 atom stereocenters. The second-order valence-corrected chi connectivity index (χ2v) is 10.5. The highest BCUT2D eigenvalue weighted by atomic mass is 35.5. The number of carbonyl (C=O) groups is 3. The molecule has 0 bridgehead atoms. The monoisotopic (exact) mass is 607 g/mol. The normalized spacial score (nSPS) is 10.7. The predicted molar refractivity (Wildman–Crippen MR) is 161 cm³/mol. The van der Waals surface area contributed by atoms with Gasteiger partial charge in [-0.05, 0) is 86.5 Å². The maximum Gasteiger partial charge on any atom is 0.338 e. The lowest BCUT2D eigenvalue weighted by Gasteiger charge is -2.15. The molecule has 0 saturated heterocycles. The van der Waals surface area contributed by atoms with Crippen molar-refractivity contribution in [3.63, 3.8) is 0 Å². The van der Waals surface area contributed by atoms with Crippen molar-refractivity contribution in [1.82, 2.24) is 20.1 Å². The topological polar surface area (TPSA) is 124 Å². The van der Waals surface area contributed by atoms with E-state index in [0.29, 0.717) is 33.0 Å². The van der Waals surface area contributed by atoms with Gasteiger partial charge in [-0.2, -0.15) is 0 Å². The zero-order valence-corrected chi connectivity index (χ0v) is 24.9. The van der Waals surface area contributed by atoms with Gasteiger partial charge >= 0.3 is 5.97 Å². The van der Waals surface area contributed by atoms with Crippen LogP contribution in [0.5, 0.6) is 5.75 Å². The van der Waals surface area contributed by atoms with Gasteiger partial charge in [0.15, 0.2) is 17.6 Å². The number of hydrogen-bond acceptors (Lipinski definition) is 8. The first-order valence-electron chi connectivity index (χ1n) is 13.1. The molecule has 218 valence electrons. The summed E-state index contributed by atoms with van der Waals surface area (Å²) in [4.78, 5) is 37.1. The summed E-state index contributed by atoms with van der Waals surface area (Å²) in [5.74, 6) is 0.0830. The Morgan fingerprint density at radius 1 is 0.952 bits per heavy atom. The highest BCUT2D eigenvalue weighted by Crippen LogP contribution is 2.26. The zero-order chi connectivity index (χ0) is 30.1. The minimum Gasteiger partial charge on any atom is -0.484 e. The number of esters is 1. The number of anilines is 1. The van der Waals surface area contributed by atoms with Crippen LogP contribution in [-0.2, 0) is 20.9 Å². The van der Waals surface area contributed by atoms with Crippen LogP contribution in [0.1, 0.15) is 34.2 Å². The lowest BCUT2D eigenvalue weighted by atomic mass is 10.1. The Labute approximate surface area is 252 Å². The van der Waals surface area contributed by atoms with E-state index in [-0.39, 0.29) is 37.3 Å². The number of carbonyl (C=O) groups excluding carboxylic acids is 3. The smallest absolute Gasteiger partial charge is 0.338 e. The van der Waals surface area contributed by atoms with Gasteiger partial charge in [-0.3, -0.25) is 14.2 Å². The minimum atomic E-state index is -0.419. The Kier molecular flexibility index (Phi) is 10.6. The summed E-state index contributed by atoms with van der Waals surface area (Å²) >= 11 is 7.11. The molecule has 10 nitrogen and oxygen atoms in total. The van der Waals surface area contributed by atoms with Gasteiger partial charge in [0.2, 0.25) is 5.91 Å². The number of thioether (sulfide) groups is 1. The first kappa shape index (κ1) is 30.6. The Bertz CT molecular complexity index is 1560. The maximum absolute atomic E-state index is 12.7. The van der Waals surface area contributed by atoms with E-state index < -0.39 is 5.97 Å². The van der Waals surface area contributed by atoms with E-state index in [2.05, 4.69) is 20.8 Å². The van der Waals surface area contributed by atoms with Gasteiger partial charge in [0, 0.05) is 10.7 Å². The van der Waals surface area contributed by atoms with E-state index in [1.807, 2.05) is 36.6 Å². The predicted octanol–water partition coefficient (Wildman–Crippen LogP) is 5.14. The van der Waals surface area contributed by atoms with Crippen molar-refractivity contribution < 1.29 is 23.9 Å². The van der Waals surface area contributed by atoms with Gasteiger partial charge in [-0.15, -0.1) is 10.2 Å². The summed E-state index contributed by atoms with van der Waals surface area (Å²) in [6.45, 7) is 5.95. The zero-order valence-electron chi connectivity index (χ0n) is 23.3. The quantitative estimate of drug-likeness (QED) is 0.168. The van der Waals surface area contributed by atoms with Crippen LogP contribution in [0.4, 0.5) is 5.69 Å². The largest absolute Gasteiger partial charge is 0.484 e. The van der Waals surface area contributed by atoms with E-state index in [9.17, 15) is 14.4 Å². The van der Waals surface area contributed by atoms with E-state index in [1.54, 1.807) is 55.5 Å². The van der Waals surface area contributed by atoms with E-state index in [1.165, 1.54) is 11.8 Å². The third-order valence-electron chi connectivity index (χ3n) is 6.16. The fourth-order valence-corrected chi connectivity index (χ4v) is 4.76. The molecule has 0 saturated carbocycles. The lowest BCUT2D eigenvalue weighted by molar-refractivity contribution is -0.123. The maximum atomic E-state index is 12.7. The van der Waals surface area contributed by atoms with Gasteiger partial charge in [-0.25, -0.2) is 4.79 Å². The van der Waals surface area contributed by atoms with Crippen molar-refractivity contribution in [2.75, 3.05) is 24.3 Å². The van der Waals surface area contributed by atoms with Crippen LogP contribution in [0.25, 0.3) is 5.69 Å². The molecule has 1 aromatic heterocycles. The molecule has 1 heterocycles. The SMILES string of the molecule is CCOC(=O)c1ccc(NC(=O)CSc2nnc(CNC(=O)COc3ccc(Cl)cc3)n2-c2cccc(C)c2C)cc1. The molecule has 4 rings (SSSR count). The molecule has 0 radical (unpaired) electrons. The molecular formula is C30H30ClN5O5S. The Morgan fingerprint density at radius 3 is 2.40 bits per heavy atom. The van der Waals surface area contributed by atoms with Gasteiger partial charge < -0.3 is 20.1 Å². The molecule has 4 aromatic rings. The Morgan fingerprint density at radius 2 is 1.69 bits per heavy atom. The van der Waals surface area contributed by atoms with E-state index in [4.69, 9.17) is 21.1 Å². The van der Waals surface area contributed by atoms with Crippen LogP contribution in [0.2, 0.25) is 5.02 Å². The summed E-state index contributed by atoms with van der Waals surface area (Å²) < 4.78 is 12.4. The van der Waals surface area contributed by atoms with Crippen molar-refractivity contribution in [3.05, 3.63) is 94.3 Å². The van der Waals surface area contributed by atoms with Crippen LogP contribution >= 0.6 is 23.4 Å². The van der Waals surface area contributed by atoms with Crippen LogP contribution in [-0.4, -0.2) is 51.5 Å². The van der Waals surface area contributed by atoms with Crippen molar-refractivity contribution in [2.45, 2.75) is 32.5 Å². The van der Waals surface area contributed by atoms with E-state index >= 15 is 0 Å². The fraction of sp³-hybridized carbons (Fsp3) is 0.233. The first-order valence-corrected chi connectivity index (χ1v) is 14.5. The molecule has 0 aliphatic carbocycles. The van der Waals surface area contributed by atoms with Crippen molar-refractivity contribution >= 4 is 46.8 Å². The highest BCUT2D eigenvalue weighted by Gasteiger charge is 2.19. The van der Waals surface area contributed by atoms with Crippen LogP contribution in [0.15, 0.2) is 71.9 Å². The minimum absolute atomic E-state index is 0.0594. The van der Waals surface area contributed by atoms with Crippen LogP contribution < -0.4 is 15.4 Å². The summed E-state index contributed by atoms with van der Waals surface area (Å²) in [5, 5.41) is 15.3. The number of benzene rings is 3. The number of rotatable bonds is 12. The number of aromatic nitrogens is 3. The van der Waals surface area contributed by atoms with Gasteiger partial charge in [0.1, 0.15) is 5.75 Å². The summed E-state index contributed by atoms with van der Waals surface area (Å²) in [6.07, 6.45) is 0. The Balaban J connectivity index is 1.42. The molecule has 42 heavy (non-hydrogen) atoms. The number of hydrogen-bond donors (Lipinski definition) is 2. The molecule has 0 spiro atoms. The number of nitrogens with zero attached hydrogens (tertiary/aromatic N) is 3. The average Bonchev–Trinajstić information content (AvgIpc) is 3.39. The van der Waals surface area contributed by atoms with Crippen molar-refractivity contribution in [1.29, 1.82) is 0 Å². The number of amides is 2. The van der Waals surface area contributed by atoms with E-state index in [0.717, 1.165) is 16.8 Å². The molecule has 2 amide bonds. The number of nitrogens with one attached hydrogen (secondary N) is 2. The molecule has 2 N–H and O–H groups in total. The highest BCUT2D eigenvalue weighted by molar-refractivity contribution is 7.99. The first-order chi connectivity index (χ1) is 20.2. The average molecular weight is 608 g/mol. The van der Waals surface area contributed by atoms with Crippen LogP contribution in [0, 0.1) is 13.8 Å². The molecule has 0 aliphatic heterocycles. The number of halogens is 1. The lowest BCUT2D eigenvalue weighted by Crippen LogP contribution is -2.29. The molecular weight excluding hydrogens is 578 g/mol. The fourth-order valence-electron chi connectivity index (χ4n) is 3.87. The van der Waals surface area contributed by atoms with Gasteiger partial charge in [0.05, 0.1) is 30.2 Å². The van der Waals surface area contributed by atoms with Gasteiger partial charge in [0.25, 0.3) is 5.91 Å². The third-order valence-corrected chi connectivity index (χ3v) is 7.34. The molecule has 0 aliphatic rings. The van der Waals surface area contributed by atoms with Crippen molar-refractivity contribution in [2.24, 2.45) is 0 Å². The summed E-state index contributed by atoms with van der Waals surface area (Å²) in [7, 11) is 0. The van der Waals surface area contributed by atoms with Gasteiger partial charge in [-0.1, -0.05) is 35.5 Å². The number of aryl methyl sites for hydroxylation is 1. The molecule has 3 aromatic carbocycles. The summed E-state index contributed by atoms with van der Waals surface area (Å²) in [6, 6.07) is 19.1.